The summed E-state index contributed by atoms with van der Waals surface area (Å²) in [6.45, 7) is 2.81. The van der Waals surface area contributed by atoms with E-state index in [2.05, 4.69) is 27.8 Å². The summed E-state index contributed by atoms with van der Waals surface area (Å²) in [4.78, 5) is 36.5. The predicted molar refractivity (Wildman–Crippen MR) is 151 cm³/mol. The number of benzene rings is 2. The monoisotopic (exact) mass is 568 g/mol. The number of hydroxylamine groups is 1. The van der Waals surface area contributed by atoms with Crippen molar-refractivity contribution < 1.29 is 22.8 Å². The lowest BCUT2D eigenvalue weighted by Gasteiger charge is -2.46. The van der Waals surface area contributed by atoms with E-state index >= 15 is 0 Å². The van der Waals surface area contributed by atoms with Gasteiger partial charge in [-0.15, -0.1) is 0 Å². The molecular weight excluding hydrogens is 528 g/mol. The van der Waals surface area contributed by atoms with Crippen molar-refractivity contribution in [3.8, 4) is 0 Å². The van der Waals surface area contributed by atoms with Crippen LogP contribution in [-0.2, 0) is 30.8 Å². The molecule has 0 aromatic heterocycles. The Hall–Kier alpha value is -2.79. The lowest BCUT2D eigenvalue weighted by molar-refractivity contribution is -0.183. The van der Waals surface area contributed by atoms with Gasteiger partial charge in [0.05, 0.1) is 10.9 Å². The van der Waals surface area contributed by atoms with Gasteiger partial charge >= 0.3 is 0 Å². The van der Waals surface area contributed by atoms with Gasteiger partial charge in [-0.25, -0.2) is 8.42 Å². The van der Waals surface area contributed by atoms with Gasteiger partial charge in [-0.1, -0.05) is 55.3 Å². The average Bonchev–Trinajstić information content (AvgIpc) is 3.50. The normalized spacial score (nSPS) is 21.0. The molecule has 2 aliphatic heterocycles. The molecule has 216 valence electrons. The van der Waals surface area contributed by atoms with Crippen molar-refractivity contribution in [1.82, 2.24) is 20.6 Å². The summed E-state index contributed by atoms with van der Waals surface area (Å²) in [6, 6.07) is 16.8. The second-order valence-electron chi connectivity index (χ2n) is 11.5. The Bertz CT molecular complexity index is 1270. The SMILES string of the molecule is CS(=O)(=O)c1ccc(CN2CONC3(CCN(CC[C@H](NC(=O)C4CCCC4)c4ccccc4)CC3)C2=O)cc1. The second-order valence-corrected chi connectivity index (χ2v) is 13.5. The van der Waals surface area contributed by atoms with Crippen molar-refractivity contribution in [3.05, 3.63) is 65.7 Å². The van der Waals surface area contributed by atoms with Gasteiger partial charge in [-0.05, 0) is 55.4 Å². The van der Waals surface area contributed by atoms with Crippen LogP contribution in [0.15, 0.2) is 59.5 Å². The number of nitrogens with one attached hydrogen (secondary N) is 2. The number of likely N-dealkylation sites (tertiary alicyclic amines) is 1. The first-order valence-electron chi connectivity index (χ1n) is 14.3. The molecule has 0 unspecified atom stereocenters. The molecule has 1 atom stereocenters. The molecule has 1 aliphatic carbocycles. The third kappa shape index (κ3) is 6.74. The van der Waals surface area contributed by atoms with Crippen molar-refractivity contribution >= 4 is 21.7 Å². The van der Waals surface area contributed by atoms with E-state index in [1.807, 2.05) is 18.2 Å². The molecule has 40 heavy (non-hydrogen) atoms. The third-order valence-electron chi connectivity index (χ3n) is 8.60. The summed E-state index contributed by atoms with van der Waals surface area (Å²) in [7, 11) is -3.27. The highest BCUT2D eigenvalue weighted by Crippen LogP contribution is 2.30. The van der Waals surface area contributed by atoms with E-state index in [0.29, 0.717) is 19.4 Å². The zero-order valence-corrected chi connectivity index (χ0v) is 24.0. The molecule has 2 amide bonds. The molecular formula is C30H40N4O5S. The van der Waals surface area contributed by atoms with Gasteiger partial charge in [0.2, 0.25) is 11.8 Å². The maximum Gasteiger partial charge on any atom is 0.247 e. The molecule has 1 saturated carbocycles. The van der Waals surface area contributed by atoms with Gasteiger partial charge in [0, 0.05) is 38.4 Å². The third-order valence-corrected chi connectivity index (χ3v) is 9.73. The number of carbonyl (C=O) groups excluding carboxylic acids is 2. The molecule has 5 rings (SSSR count). The predicted octanol–water partition coefficient (Wildman–Crippen LogP) is 3.18. The number of nitrogens with zero attached hydrogens (tertiary/aromatic N) is 2. The van der Waals surface area contributed by atoms with Crippen molar-refractivity contribution in [2.45, 2.75) is 68.0 Å². The van der Waals surface area contributed by atoms with E-state index in [4.69, 9.17) is 4.84 Å². The summed E-state index contributed by atoms with van der Waals surface area (Å²) in [5.41, 5.74) is 4.25. The van der Waals surface area contributed by atoms with Crippen LogP contribution in [0.5, 0.6) is 0 Å². The van der Waals surface area contributed by atoms with Crippen LogP contribution < -0.4 is 10.8 Å². The van der Waals surface area contributed by atoms with Gasteiger partial charge in [0.15, 0.2) is 9.84 Å². The van der Waals surface area contributed by atoms with Crippen LogP contribution in [0.3, 0.4) is 0 Å². The molecule has 3 fully saturated rings. The Balaban J connectivity index is 1.16. The molecule has 2 saturated heterocycles. The summed E-state index contributed by atoms with van der Waals surface area (Å²) in [5, 5.41) is 3.33. The molecule has 1 spiro atoms. The van der Waals surface area contributed by atoms with Gasteiger partial charge in [0.1, 0.15) is 12.3 Å². The first-order chi connectivity index (χ1) is 19.2. The van der Waals surface area contributed by atoms with E-state index in [1.165, 1.54) is 6.26 Å². The van der Waals surface area contributed by atoms with Gasteiger partial charge in [-0.2, -0.15) is 5.48 Å². The van der Waals surface area contributed by atoms with Crippen molar-refractivity contribution in [3.63, 3.8) is 0 Å². The van der Waals surface area contributed by atoms with Crippen LogP contribution in [0, 0.1) is 5.92 Å². The van der Waals surface area contributed by atoms with E-state index < -0.39 is 15.4 Å². The fraction of sp³-hybridized carbons (Fsp3) is 0.533. The Morgan fingerprint density at radius 2 is 1.75 bits per heavy atom. The maximum absolute atomic E-state index is 13.6. The number of piperidine rings is 1. The Morgan fingerprint density at radius 1 is 1.07 bits per heavy atom. The molecule has 10 heteroatoms. The van der Waals surface area contributed by atoms with Crippen molar-refractivity contribution in [2.24, 2.45) is 5.92 Å². The first-order valence-corrected chi connectivity index (χ1v) is 16.2. The highest BCUT2D eigenvalue weighted by Gasteiger charge is 2.46. The zero-order chi connectivity index (χ0) is 28.2. The molecule has 0 bridgehead atoms. The molecule has 2 N–H and O–H groups in total. The minimum Gasteiger partial charge on any atom is -0.349 e. The summed E-state index contributed by atoms with van der Waals surface area (Å²) < 4.78 is 23.5. The summed E-state index contributed by atoms with van der Waals surface area (Å²) in [5.74, 6) is 0.311. The standard InChI is InChI=1S/C30H40N4O5S/c1-40(37,38)26-13-11-23(12-14-26)21-34-22-39-32-30(29(34)36)16-19-33(20-17-30)18-15-27(24-7-3-2-4-8-24)31-28(35)25-9-5-6-10-25/h2-4,7-8,11-14,25,27,32H,5-6,9-10,15-22H2,1H3,(H,31,35)/t27-/m0/s1. The Labute approximate surface area is 237 Å². The van der Waals surface area contributed by atoms with E-state index in [9.17, 15) is 18.0 Å². The van der Waals surface area contributed by atoms with Crippen molar-refractivity contribution in [2.75, 3.05) is 32.6 Å². The number of hydrogen-bond acceptors (Lipinski definition) is 7. The average molecular weight is 569 g/mol. The smallest absolute Gasteiger partial charge is 0.247 e. The molecule has 9 nitrogen and oxygen atoms in total. The van der Waals surface area contributed by atoms with E-state index in [0.717, 1.165) is 62.9 Å². The van der Waals surface area contributed by atoms with Crippen LogP contribution in [0.25, 0.3) is 0 Å². The van der Waals surface area contributed by atoms with Crippen LogP contribution in [0.4, 0.5) is 0 Å². The van der Waals surface area contributed by atoms with E-state index in [1.54, 1.807) is 29.2 Å². The quantitative estimate of drug-likeness (QED) is 0.478. The van der Waals surface area contributed by atoms with Crippen molar-refractivity contribution in [1.29, 1.82) is 0 Å². The molecule has 0 radical (unpaired) electrons. The molecule has 2 heterocycles. The lowest BCUT2D eigenvalue weighted by atomic mass is 9.86. The largest absolute Gasteiger partial charge is 0.349 e. The highest BCUT2D eigenvalue weighted by atomic mass is 32.2. The van der Waals surface area contributed by atoms with Crippen LogP contribution in [0.2, 0.25) is 0 Å². The van der Waals surface area contributed by atoms with Gasteiger partial charge < -0.3 is 15.1 Å². The number of carbonyl (C=O) groups is 2. The molecule has 2 aromatic rings. The highest BCUT2D eigenvalue weighted by molar-refractivity contribution is 7.90. The number of sulfone groups is 1. The summed E-state index contributed by atoms with van der Waals surface area (Å²) in [6.07, 6.45) is 7.46. The second kappa shape index (κ2) is 12.4. The maximum atomic E-state index is 13.6. The Morgan fingerprint density at radius 3 is 2.40 bits per heavy atom. The van der Waals surface area contributed by atoms with Gasteiger partial charge in [-0.3, -0.25) is 14.4 Å². The minimum absolute atomic E-state index is 0.0107. The fourth-order valence-electron chi connectivity index (χ4n) is 6.10. The summed E-state index contributed by atoms with van der Waals surface area (Å²) >= 11 is 0. The topological polar surface area (TPSA) is 108 Å². The fourth-order valence-corrected chi connectivity index (χ4v) is 6.73. The number of rotatable bonds is 9. The molecule has 2 aromatic carbocycles. The van der Waals surface area contributed by atoms with Crippen LogP contribution in [0.1, 0.15) is 62.1 Å². The zero-order valence-electron chi connectivity index (χ0n) is 23.2. The Kier molecular flexibility index (Phi) is 8.89. The van der Waals surface area contributed by atoms with Gasteiger partial charge in [0.25, 0.3) is 0 Å². The molecule has 3 aliphatic rings. The number of amides is 2. The lowest BCUT2D eigenvalue weighted by Crippen LogP contribution is -2.66. The number of hydrogen-bond donors (Lipinski definition) is 2. The van der Waals surface area contributed by atoms with E-state index in [-0.39, 0.29) is 35.4 Å². The minimum atomic E-state index is -3.27. The first kappa shape index (κ1) is 28.7. The van der Waals surface area contributed by atoms with Crippen LogP contribution in [-0.4, -0.2) is 68.2 Å². The van der Waals surface area contributed by atoms with Crippen LogP contribution >= 0.6 is 0 Å².